The fourth-order valence-corrected chi connectivity index (χ4v) is 2.88. The molecule has 18 heavy (non-hydrogen) atoms. The zero-order valence-corrected chi connectivity index (χ0v) is 13.6. The Balaban J connectivity index is 0.000000289. The van der Waals surface area contributed by atoms with E-state index in [9.17, 15) is 4.39 Å². The second-order valence-corrected chi connectivity index (χ2v) is 6.62. The van der Waals surface area contributed by atoms with Crippen LogP contribution >= 0.6 is 0 Å². The molecular weight excluding hydrogens is 223 g/mol. The highest BCUT2D eigenvalue weighted by Crippen LogP contribution is 2.45. The van der Waals surface area contributed by atoms with Crippen LogP contribution in [0.1, 0.15) is 92.9 Å². The SMILES string of the molecule is CC.CC(C)CC1(C)CCC1.CCC1(F)CCC1. The third-order valence-electron chi connectivity index (χ3n) is 4.34. The van der Waals surface area contributed by atoms with Gasteiger partial charge in [0.15, 0.2) is 0 Å². The first-order chi connectivity index (χ1) is 8.39. The van der Waals surface area contributed by atoms with E-state index in [0.29, 0.717) is 6.42 Å². The van der Waals surface area contributed by atoms with Crippen LogP contribution in [0.3, 0.4) is 0 Å². The van der Waals surface area contributed by atoms with Crippen LogP contribution in [0, 0.1) is 11.3 Å². The molecule has 0 aliphatic heterocycles. The van der Waals surface area contributed by atoms with Gasteiger partial charge in [-0.2, -0.15) is 0 Å². The molecule has 110 valence electrons. The molecule has 0 heterocycles. The van der Waals surface area contributed by atoms with Crippen molar-refractivity contribution in [2.75, 3.05) is 0 Å². The predicted octanol–water partition coefficient (Wildman–Crippen LogP) is 6.54. The maximum atomic E-state index is 12.6. The summed E-state index contributed by atoms with van der Waals surface area (Å²) in [5.41, 5.74) is 0.00810. The summed E-state index contributed by atoms with van der Waals surface area (Å²) in [6.45, 7) is 13.0. The number of rotatable bonds is 3. The first-order valence-electron chi connectivity index (χ1n) is 8.08. The highest BCUT2D eigenvalue weighted by Gasteiger charge is 2.34. The van der Waals surface area contributed by atoms with Gasteiger partial charge in [-0.05, 0) is 56.3 Å². The Hall–Kier alpha value is -0.0700. The Labute approximate surface area is 115 Å². The van der Waals surface area contributed by atoms with E-state index in [2.05, 4.69) is 20.8 Å². The number of hydrogen-bond acceptors (Lipinski definition) is 0. The lowest BCUT2D eigenvalue weighted by molar-refractivity contribution is 0.0595. The van der Waals surface area contributed by atoms with Crippen LogP contribution < -0.4 is 0 Å². The average molecular weight is 258 g/mol. The molecule has 2 rings (SSSR count). The summed E-state index contributed by atoms with van der Waals surface area (Å²) in [6.07, 6.45) is 9.30. The van der Waals surface area contributed by atoms with Gasteiger partial charge in [0.1, 0.15) is 5.67 Å². The van der Waals surface area contributed by atoms with E-state index in [-0.39, 0.29) is 0 Å². The van der Waals surface area contributed by atoms with Crippen LogP contribution in [-0.2, 0) is 0 Å². The molecular formula is C17H35F. The van der Waals surface area contributed by atoms with Gasteiger partial charge < -0.3 is 0 Å². The molecule has 0 aromatic heterocycles. The van der Waals surface area contributed by atoms with Gasteiger partial charge in [-0.3, -0.25) is 0 Å². The molecule has 0 unspecified atom stereocenters. The summed E-state index contributed by atoms with van der Waals surface area (Å²) in [4.78, 5) is 0. The third kappa shape index (κ3) is 6.20. The van der Waals surface area contributed by atoms with Gasteiger partial charge in [-0.15, -0.1) is 0 Å². The molecule has 0 bridgehead atoms. The minimum absolute atomic E-state index is 0.715. The Kier molecular flexibility index (Phi) is 8.14. The minimum Gasteiger partial charge on any atom is -0.244 e. The van der Waals surface area contributed by atoms with Crippen LogP contribution in [0.15, 0.2) is 0 Å². The number of hydrogen-bond donors (Lipinski definition) is 0. The summed E-state index contributed by atoms with van der Waals surface area (Å²) in [5, 5.41) is 0. The highest BCUT2D eigenvalue weighted by atomic mass is 19.1. The summed E-state index contributed by atoms with van der Waals surface area (Å²) >= 11 is 0. The Bertz CT molecular complexity index is 194. The van der Waals surface area contributed by atoms with Crippen LogP contribution in [0.2, 0.25) is 0 Å². The average Bonchev–Trinajstić information content (AvgIpc) is 2.27. The van der Waals surface area contributed by atoms with Gasteiger partial charge in [0, 0.05) is 0 Å². The second kappa shape index (κ2) is 8.17. The normalized spacial score (nSPS) is 22.7. The summed E-state index contributed by atoms with van der Waals surface area (Å²) in [6, 6.07) is 0. The molecule has 2 aliphatic rings. The largest absolute Gasteiger partial charge is 0.244 e. The van der Waals surface area contributed by atoms with E-state index >= 15 is 0 Å². The molecule has 2 saturated carbocycles. The Morgan fingerprint density at radius 3 is 1.50 bits per heavy atom. The quantitative estimate of drug-likeness (QED) is 0.539. The Morgan fingerprint density at radius 2 is 1.44 bits per heavy atom. The smallest absolute Gasteiger partial charge is 0.110 e. The van der Waals surface area contributed by atoms with Crippen molar-refractivity contribution >= 4 is 0 Å². The maximum absolute atomic E-state index is 12.6. The van der Waals surface area contributed by atoms with Crippen molar-refractivity contribution < 1.29 is 4.39 Å². The molecule has 0 radical (unpaired) electrons. The molecule has 2 fully saturated rings. The third-order valence-corrected chi connectivity index (χ3v) is 4.34. The standard InChI is InChI=1S/C9H18.C6H11F.C2H6/c1-8(2)7-9(3)5-4-6-9;1-2-6(7)4-3-5-6;1-2/h8H,4-7H2,1-3H3;2-5H2,1H3;1-2H3. The minimum atomic E-state index is -0.736. The number of alkyl halides is 1. The van der Waals surface area contributed by atoms with E-state index in [1.807, 2.05) is 20.8 Å². The first kappa shape index (κ1) is 17.9. The molecule has 0 saturated heterocycles. The summed E-state index contributed by atoms with van der Waals surface area (Å²) in [5.74, 6) is 0.898. The summed E-state index contributed by atoms with van der Waals surface area (Å²) < 4.78 is 12.6. The van der Waals surface area contributed by atoms with Crippen LogP contribution in [-0.4, -0.2) is 5.67 Å². The van der Waals surface area contributed by atoms with E-state index in [4.69, 9.17) is 0 Å². The van der Waals surface area contributed by atoms with E-state index in [1.54, 1.807) is 0 Å². The van der Waals surface area contributed by atoms with E-state index < -0.39 is 5.67 Å². The zero-order chi connectivity index (χ0) is 14.2. The van der Waals surface area contributed by atoms with Crippen LogP contribution in [0.25, 0.3) is 0 Å². The molecule has 0 aromatic rings. The second-order valence-electron chi connectivity index (χ2n) is 6.62. The molecule has 0 nitrogen and oxygen atoms in total. The van der Waals surface area contributed by atoms with Crippen molar-refractivity contribution in [1.82, 2.24) is 0 Å². The van der Waals surface area contributed by atoms with Crippen molar-refractivity contribution in [3.63, 3.8) is 0 Å². The van der Waals surface area contributed by atoms with Crippen molar-refractivity contribution in [1.29, 1.82) is 0 Å². The fraction of sp³-hybridized carbons (Fsp3) is 1.00. The molecule has 0 N–H and O–H groups in total. The lowest BCUT2D eigenvalue weighted by Gasteiger charge is -2.39. The molecule has 0 amide bonds. The fourth-order valence-electron chi connectivity index (χ4n) is 2.88. The molecule has 0 aromatic carbocycles. The van der Waals surface area contributed by atoms with Gasteiger partial charge in [-0.25, -0.2) is 4.39 Å². The molecule has 0 spiro atoms. The van der Waals surface area contributed by atoms with Crippen LogP contribution in [0.5, 0.6) is 0 Å². The summed E-state index contributed by atoms with van der Waals surface area (Å²) in [7, 11) is 0. The van der Waals surface area contributed by atoms with Crippen molar-refractivity contribution in [2.45, 2.75) is 98.6 Å². The molecule has 2 aliphatic carbocycles. The van der Waals surface area contributed by atoms with Crippen molar-refractivity contribution in [3.8, 4) is 0 Å². The topological polar surface area (TPSA) is 0 Å². The lowest BCUT2D eigenvalue weighted by atomic mass is 9.66. The first-order valence-corrected chi connectivity index (χ1v) is 8.08. The molecule has 1 heteroatoms. The van der Waals surface area contributed by atoms with Crippen LogP contribution in [0.4, 0.5) is 4.39 Å². The molecule has 0 atom stereocenters. The van der Waals surface area contributed by atoms with Gasteiger partial charge in [0.2, 0.25) is 0 Å². The monoisotopic (exact) mass is 258 g/mol. The predicted molar refractivity (Wildman–Crippen MR) is 80.7 cm³/mol. The van der Waals surface area contributed by atoms with Gasteiger partial charge in [-0.1, -0.05) is 48.0 Å². The maximum Gasteiger partial charge on any atom is 0.110 e. The van der Waals surface area contributed by atoms with E-state index in [1.165, 1.54) is 25.7 Å². The van der Waals surface area contributed by atoms with Gasteiger partial charge in [0.25, 0.3) is 0 Å². The van der Waals surface area contributed by atoms with Gasteiger partial charge in [0.05, 0.1) is 0 Å². The van der Waals surface area contributed by atoms with Crippen molar-refractivity contribution in [2.24, 2.45) is 11.3 Å². The highest BCUT2D eigenvalue weighted by molar-refractivity contribution is 4.86. The van der Waals surface area contributed by atoms with Gasteiger partial charge >= 0.3 is 0 Å². The zero-order valence-electron chi connectivity index (χ0n) is 13.6. The lowest BCUT2D eigenvalue weighted by Crippen LogP contribution is -2.30. The Morgan fingerprint density at radius 1 is 1.00 bits per heavy atom. The van der Waals surface area contributed by atoms with Crippen molar-refractivity contribution in [3.05, 3.63) is 0 Å². The van der Waals surface area contributed by atoms with E-state index in [0.717, 1.165) is 30.6 Å². The number of halogens is 1.